The van der Waals surface area contributed by atoms with Crippen LogP contribution in [0.1, 0.15) is 34.7 Å². The first kappa shape index (κ1) is 15.8. The Hall–Kier alpha value is -0.540. The largest absolute Gasteiger partial charge is 0.309 e. The lowest BCUT2D eigenvalue weighted by Crippen LogP contribution is -2.23. The van der Waals surface area contributed by atoms with Crippen molar-refractivity contribution in [3.8, 4) is 0 Å². The highest BCUT2D eigenvalue weighted by Crippen LogP contribution is 2.31. The minimum atomic E-state index is 0.269. The van der Waals surface area contributed by atoms with Gasteiger partial charge in [0.1, 0.15) is 0 Å². The van der Waals surface area contributed by atoms with E-state index in [9.17, 15) is 0 Å². The standard InChI is InChI=1S/C16H19Cl2NS/c1-3-9-19-15(16-8-7-11(2)20-16)10-12-13(17)5-4-6-14(12)18/h4-8,15,19H,3,9-10H2,1-2H3. The predicted octanol–water partition coefficient (Wildman–Crippen LogP) is 5.65. The van der Waals surface area contributed by atoms with E-state index in [1.165, 1.54) is 9.75 Å². The molecule has 0 fully saturated rings. The summed E-state index contributed by atoms with van der Waals surface area (Å²) in [6.45, 7) is 5.30. The van der Waals surface area contributed by atoms with Crippen molar-refractivity contribution in [2.24, 2.45) is 0 Å². The van der Waals surface area contributed by atoms with Crippen LogP contribution in [0.5, 0.6) is 0 Å². The maximum atomic E-state index is 6.29. The van der Waals surface area contributed by atoms with E-state index in [2.05, 4.69) is 31.3 Å². The summed E-state index contributed by atoms with van der Waals surface area (Å²) in [7, 11) is 0. The monoisotopic (exact) mass is 327 g/mol. The molecule has 0 aliphatic heterocycles. The second-order valence-corrected chi connectivity index (χ2v) is 6.99. The molecule has 0 bridgehead atoms. The fourth-order valence-electron chi connectivity index (χ4n) is 2.16. The molecule has 1 nitrogen and oxygen atoms in total. The van der Waals surface area contributed by atoms with E-state index in [1.807, 2.05) is 29.5 Å². The molecule has 108 valence electrons. The summed E-state index contributed by atoms with van der Waals surface area (Å²) >= 11 is 14.4. The van der Waals surface area contributed by atoms with Gasteiger partial charge in [0, 0.05) is 25.8 Å². The highest BCUT2D eigenvalue weighted by atomic mass is 35.5. The Labute approximate surface area is 134 Å². The summed E-state index contributed by atoms with van der Waals surface area (Å²) in [5, 5.41) is 5.08. The highest BCUT2D eigenvalue weighted by Gasteiger charge is 2.17. The van der Waals surface area contributed by atoms with Crippen LogP contribution in [0.3, 0.4) is 0 Å². The van der Waals surface area contributed by atoms with Crippen LogP contribution >= 0.6 is 34.5 Å². The zero-order valence-corrected chi connectivity index (χ0v) is 14.1. The van der Waals surface area contributed by atoms with Crippen molar-refractivity contribution in [1.82, 2.24) is 5.32 Å². The van der Waals surface area contributed by atoms with Gasteiger partial charge in [-0.25, -0.2) is 0 Å². The van der Waals surface area contributed by atoms with E-state index >= 15 is 0 Å². The van der Waals surface area contributed by atoms with E-state index in [1.54, 1.807) is 0 Å². The molecule has 1 unspecified atom stereocenters. The Kier molecular flexibility index (Phi) is 5.91. The van der Waals surface area contributed by atoms with Crippen molar-refractivity contribution in [2.75, 3.05) is 6.54 Å². The fraction of sp³-hybridized carbons (Fsp3) is 0.375. The van der Waals surface area contributed by atoms with Crippen LogP contribution in [-0.4, -0.2) is 6.54 Å². The summed E-state index contributed by atoms with van der Waals surface area (Å²) in [6.07, 6.45) is 1.93. The molecule has 20 heavy (non-hydrogen) atoms. The number of benzene rings is 1. The van der Waals surface area contributed by atoms with Gasteiger partial charge >= 0.3 is 0 Å². The topological polar surface area (TPSA) is 12.0 Å². The minimum Gasteiger partial charge on any atom is -0.309 e. The molecule has 0 radical (unpaired) electrons. The predicted molar refractivity (Wildman–Crippen MR) is 90.3 cm³/mol. The van der Waals surface area contributed by atoms with Gasteiger partial charge in [0.25, 0.3) is 0 Å². The van der Waals surface area contributed by atoms with E-state index in [0.717, 1.165) is 35.0 Å². The van der Waals surface area contributed by atoms with E-state index in [4.69, 9.17) is 23.2 Å². The van der Waals surface area contributed by atoms with E-state index in [0.29, 0.717) is 0 Å². The number of hydrogen-bond acceptors (Lipinski definition) is 2. The second kappa shape index (κ2) is 7.46. The molecular formula is C16H19Cl2NS. The van der Waals surface area contributed by atoms with Crippen molar-refractivity contribution < 1.29 is 0 Å². The van der Waals surface area contributed by atoms with Crippen LogP contribution in [0.15, 0.2) is 30.3 Å². The van der Waals surface area contributed by atoms with Gasteiger partial charge in [0.05, 0.1) is 0 Å². The Morgan fingerprint density at radius 2 is 1.85 bits per heavy atom. The van der Waals surface area contributed by atoms with Gasteiger partial charge in [-0.3, -0.25) is 0 Å². The van der Waals surface area contributed by atoms with Crippen LogP contribution in [0.2, 0.25) is 10.0 Å². The van der Waals surface area contributed by atoms with E-state index in [-0.39, 0.29) is 6.04 Å². The molecule has 0 saturated carbocycles. The first-order valence-corrected chi connectivity index (χ1v) is 8.41. The van der Waals surface area contributed by atoms with Gasteiger partial charge in [0.15, 0.2) is 0 Å². The number of halogens is 2. The van der Waals surface area contributed by atoms with Gasteiger partial charge in [-0.05, 0) is 56.1 Å². The molecule has 1 heterocycles. The summed E-state index contributed by atoms with van der Waals surface area (Å²) in [5.74, 6) is 0. The third-order valence-electron chi connectivity index (χ3n) is 3.22. The zero-order valence-electron chi connectivity index (χ0n) is 11.7. The molecule has 2 aromatic rings. The normalized spacial score (nSPS) is 12.6. The van der Waals surface area contributed by atoms with Crippen LogP contribution in [-0.2, 0) is 6.42 Å². The SMILES string of the molecule is CCCNC(Cc1c(Cl)cccc1Cl)c1ccc(C)s1. The van der Waals surface area contributed by atoms with Gasteiger partial charge in [-0.2, -0.15) is 0 Å². The van der Waals surface area contributed by atoms with Crippen molar-refractivity contribution in [3.63, 3.8) is 0 Å². The highest BCUT2D eigenvalue weighted by molar-refractivity contribution is 7.12. The van der Waals surface area contributed by atoms with Crippen molar-refractivity contribution >= 4 is 34.5 Å². The second-order valence-electron chi connectivity index (χ2n) is 4.86. The molecule has 0 aliphatic carbocycles. The number of nitrogens with one attached hydrogen (secondary N) is 1. The van der Waals surface area contributed by atoms with Crippen LogP contribution in [0.4, 0.5) is 0 Å². The number of rotatable bonds is 6. The maximum absolute atomic E-state index is 6.29. The molecule has 1 N–H and O–H groups in total. The lowest BCUT2D eigenvalue weighted by atomic mass is 10.0. The Morgan fingerprint density at radius 3 is 2.40 bits per heavy atom. The van der Waals surface area contributed by atoms with Gasteiger partial charge in [-0.15, -0.1) is 11.3 Å². The van der Waals surface area contributed by atoms with Gasteiger partial charge < -0.3 is 5.32 Å². The molecule has 0 spiro atoms. The summed E-state index contributed by atoms with van der Waals surface area (Å²) in [5.41, 5.74) is 1.02. The summed E-state index contributed by atoms with van der Waals surface area (Å²) in [4.78, 5) is 2.67. The smallest absolute Gasteiger partial charge is 0.0456 e. The molecule has 1 aromatic carbocycles. The number of thiophene rings is 1. The van der Waals surface area contributed by atoms with Crippen LogP contribution in [0.25, 0.3) is 0 Å². The first-order valence-electron chi connectivity index (χ1n) is 6.84. The Bertz CT molecular complexity index is 545. The Morgan fingerprint density at radius 1 is 1.15 bits per heavy atom. The fourth-order valence-corrected chi connectivity index (χ4v) is 3.67. The van der Waals surface area contributed by atoms with Crippen molar-refractivity contribution in [2.45, 2.75) is 32.7 Å². The quantitative estimate of drug-likeness (QED) is 0.723. The molecule has 0 saturated heterocycles. The average Bonchev–Trinajstić information content (AvgIpc) is 2.84. The number of aryl methyl sites for hydroxylation is 1. The molecule has 1 aromatic heterocycles. The van der Waals surface area contributed by atoms with Crippen LogP contribution < -0.4 is 5.32 Å². The third kappa shape index (κ3) is 3.98. The third-order valence-corrected chi connectivity index (χ3v) is 5.04. The maximum Gasteiger partial charge on any atom is 0.0456 e. The molecule has 4 heteroatoms. The Balaban J connectivity index is 2.23. The number of hydrogen-bond donors (Lipinski definition) is 1. The van der Waals surface area contributed by atoms with Crippen LogP contribution in [0, 0.1) is 6.92 Å². The molecule has 2 rings (SSSR count). The molecular weight excluding hydrogens is 309 g/mol. The van der Waals surface area contributed by atoms with Crippen molar-refractivity contribution in [3.05, 3.63) is 55.7 Å². The molecule has 0 aliphatic rings. The first-order chi connectivity index (χ1) is 9.61. The van der Waals surface area contributed by atoms with E-state index < -0.39 is 0 Å². The molecule has 1 atom stereocenters. The lowest BCUT2D eigenvalue weighted by molar-refractivity contribution is 0.537. The van der Waals surface area contributed by atoms with Gasteiger partial charge in [0.2, 0.25) is 0 Å². The summed E-state index contributed by atoms with van der Waals surface area (Å²) < 4.78 is 0. The van der Waals surface area contributed by atoms with Gasteiger partial charge in [-0.1, -0.05) is 36.2 Å². The average molecular weight is 328 g/mol. The minimum absolute atomic E-state index is 0.269. The lowest BCUT2D eigenvalue weighted by Gasteiger charge is -2.19. The zero-order chi connectivity index (χ0) is 14.5. The summed E-state index contributed by atoms with van der Waals surface area (Å²) in [6, 6.07) is 10.3. The van der Waals surface area contributed by atoms with Crippen molar-refractivity contribution in [1.29, 1.82) is 0 Å². The molecule has 0 amide bonds.